The predicted octanol–water partition coefficient (Wildman–Crippen LogP) is 16.8. The summed E-state index contributed by atoms with van der Waals surface area (Å²) in [5.74, 6) is 1.80. The Morgan fingerprint density at radius 2 is 0.691 bits per heavy atom. The lowest BCUT2D eigenvalue weighted by molar-refractivity contribution is 0.436. The summed E-state index contributed by atoms with van der Waals surface area (Å²) in [7, 11) is 0. The van der Waals surface area contributed by atoms with E-state index in [2.05, 4.69) is 243 Å². The lowest BCUT2D eigenvalue weighted by Gasteiger charge is -2.40. The minimum atomic E-state index is -0.546. The first-order chi connectivity index (χ1) is 33.5. The molecule has 0 bridgehead atoms. The molecule has 3 heteroatoms. The van der Waals surface area contributed by atoms with Crippen LogP contribution >= 0.6 is 11.8 Å². The molecular weight excluding hydrogens is 843 g/mol. The van der Waals surface area contributed by atoms with Gasteiger partial charge in [-0.15, -0.1) is 0 Å². The van der Waals surface area contributed by atoms with Crippen LogP contribution in [0.15, 0.2) is 234 Å². The third-order valence-corrected chi connectivity index (χ3v) is 17.2. The van der Waals surface area contributed by atoms with Gasteiger partial charge in [-0.1, -0.05) is 189 Å². The highest BCUT2D eigenvalue weighted by Crippen LogP contribution is 2.65. The highest BCUT2D eigenvalue weighted by molar-refractivity contribution is 7.99. The fourth-order valence-corrected chi connectivity index (χ4v) is 14.4. The van der Waals surface area contributed by atoms with Gasteiger partial charge in [-0.3, -0.25) is 0 Å². The number of rotatable bonds is 3. The van der Waals surface area contributed by atoms with Crippen molar-refractivity contribution in [2.45, 2.75) is 39.9 Å². The Labute approximate surface area is 401 Å². The monoisotopic (exact) mass is 885 g/mol. The maximum absolute atomic E-state index is 6.69. The first-order valence-electron chi connectivity index (χ1n) is 23.7. The second-order valence-electron chi connectivity index (χ2n) is 19.5. The van der Waals surface area contributed by atoms with E-state index in [0.717, 1.165) is 28.6 Å². The molecule has 10 aromatic rings. The normalized spacial score (nSPS) is 15.6. The van der Waals surface area contributed by atoms with Crippen molar-refractivity contribution < 1.29 is 4.74 Å². The van der Waals surface area contributed by atoms with Gasteiger partial charge >= 0.3 is 0 Å². The zero-order valence-corrected chi connectivity index (χ0v) is 38.4. The van der Waals surface area contributed by atoms with Gasteiger partial charge in [0.2, 0.25) is 0 Å². The van der Waals surface area contributed by atoms with Crippen molar-refractivity contribution in [2.24, 2.45) is 0 Å². The number of hydrogen-bond donors (Lipinski definition) is 0. The Hall–Kier alpha value is -7.85. The summed E-state index contributed by atoms with van der Waals surface area (Å²) >= 11 is 1.89. The average molecular weight is 886 g/mol. The Morgan fingerprint density at radius 3 is 1.29 bits per heavy atom. The summed E-state index contributed by atoms with van der Waals surface area (Å²) in [5, 5.41) is 0. The van der Waals surface area contributed by atoms with E-state index in [9.17, 15) is 0 Å². The molecule has 0 amide bonds. The topological polar surface area (TPSA) is 12.5 Å². The van der Waals surface area contributed by atoms with E-state index in [1.54, 1.807) is 0 Å². The van der Waals surface area contributed by atoms with Gasteiger partial charge < -0.3 is 9.64 Å². The van der Waals surface area contributed by atoms with Gasteiger partial charge in [-0.05, 0) is 139 Å². The molecule has 3 aliphatic carbocycles. The molecule has 0 fully saturated rings. The molecule has 320 valence electrons. The number of para-hydroxylation sites is 2. The maximum atomic E-state index is 6.69. The molecule has 2 heterocycles. The van der Waals surface area contributed by atoms with E-state index >= 15 is 0 Å². The van der Waals surface area contributed by atoms with Gasteiger partial charge in [0, 0.05) is 43.4 Å². The van der Waals surface area contributed by atoms with E-state index in [0.29, 0.717) is 0 Å². The van der Waals surface area contributed by atoms with Crippen LogP contribution in [0.1, 0.15) is 69.5 Å². The Morgan fingerprint density at radius 1 is 0.309 bits per heavy atom. The Balaban J connectivity index is 1.00. The highest BCUT2D eigenvalue weighted by atomic mass is 32.2. The summed E-state index contributed by atoms with van der Waals surface area (Å²) in [4.78, 5) is 5.14. The average Bonchev–Trinajstić information content (AvgIpc) is 3.93. The molecule has 10 aromatic carbocycles. The van der Waals surface area contributed by atoms with E-state index in [-0.39, 0.29) is 5.41 Å². The molecule has 2 spiro atoms. The highest BCUT2D eigenvalue weighted by Gasteiger charge is 2.52. The van der Waals surface area contributed by atoms with Gasteiger partial charge in [-0.2, -0.15) is 0 Å². The van der Waals surface area contributed by atoms with Crippen LogP contribution in [-0.4, -0.2) is 0 Å². The van der Waals surface area contributed by atoms with Crippen molar-refractivity contribution in [2.75, 3.05) is 4.90 Å². The Bertz CT molecular complexity index is 3730. The first-order valence-corrected chi connectivity index (χ1v) is 24.6. The van der Waals surface area contributed by atoms with Crippen molar-refractivity contribution in [3.63, 3.8) is 0 Å². The Kier molecular flexibility index (Phi) is 7.67. The van der Waals surface area contributed by atoms with Crippen LogP contribution in [0.5, 0.6) is 11.5 Å². The number of ether oxygens (including phenoxy) is 1. The van der Waals surface area contributed by atoms with Gasteiger partial charge in [0.05, 0.1) is 10.8 Å². The summed E-state index contributed by atoms with van der Waals surface area (Å²) in [5.41, 5.74) is 22.8. The van der Waals surface area contributed by atoms with E-state index in [1.807, 2.05) is 11.8 Å². The van der Waals surface area contributed by atoms with Crippen molar-refractivity contribution >= 4 is 28.8 Å². The van der Waals surface area contributed by atoms with Gasteiger partial charge in [0.25, 0.3) is 0 Å². The number of benzene rings is 10. The minimum Gasteiger partial charge on any atom is -0.457 e. The molecule has 2 aliphatic heterocycles. The molecule has 0 aromatic heterocycles. The van der Waals surface area contributed by atoms with Crippen molar-refractivity contribution in [3.05, 3.63) is 280 Å². The zero-order valence-electron chi connectivity index (χ0n) is 37.6. The molecule has 5 aliphatic rings. The largest absolute Gasteiger partial charge is 0.457 e. The third kappa shape index (κ3) is 4.74. The predicted molar refractivity (Wildman–Crippen MR) is 277 cm³/mol. The summed E-state index contributed by atoms with van der Waals surface area (Å²) in [6, 6.07) is 84.3. The quantitative estimate of drug-likeness (QED) is 0.175. The lowest BCUT2D eigenvalue weighted by atomic mass is 9.66. The fourth-order valence-electron chi connectivity index (χ4n) is 13.2. The molecule has 68 heavy (non-hydrogen) atoms. The summed E-state index contributed by atoms with van der Waals surface area (Å²) in [6.45, 7) is 4.76. The first kappa shape index (κ1) is 38.3. The molecule has 0 saturated heterocycles. The van der Waals surface area contributed by atoms with Crippen LogP contribution in [0.2, 0.25) is 0 Å². The molecule has 0 N–H and O–H groups in total. The van der Waals surface area contributed by atoms with Crippen LogP contribution in [-0.2, 0) is 16.2 Å². The molecule has 0 unspecified atom stereocenters. The minimum absolute atomic E-state index is 0.169. The number of hydrogen-bond acceptors (Lipinski definition) is 3. The SMILES string of the molecule is CC1(C)c2ccccc2-c2ccc(N(c3ccc4c(c3)-c3ccccc3C43c4ccccc4Oc4ccccc43)c3ccc4c(c3)C3(c5ccccc5Sc5ccccc53)c3ccccc3-4)cc21. The second-order valence-corrected chi connectivity index (χ2v) is 20.6. The van der Waals surface area contributed by atoms with Crippen LogP contribution in [0, 0.1) is 0 Å². The van der Waals surface area contributed by atoms with E-state index in [4.69, 9.17) is 4.74 Å². The number of anilines is 3. The second kappa shape index (κ2) is 13.6. The van der Waals surface area contributed by atoms with Gasteiger partial charge in [0.1, 0.15) is 11.5 Å². The molecule has 2 nitrogen and oxygen atoms in total. The molecule has 15 rings (SSSR count). The van der Waals surface area contributed by atoms with E-state index in [1.165, 1.54) is 98.8 Å². The summed E-state index contributed by atoms with van der Waals surface area (Å²) in [6.07, 6.45) is 0. The van der Waals surface area contributed by atoms with Crippen LogP contribution < -0.4 is 9.64 Å². The van der Waals surface area contributed by atoms with Crippen molar-refractivity contribution in [1.82, 2.24) is 0 Å². The lowest BCUT2D eigenvalue weighted by Crippen LogP contribution is -2.32. The number of nitrogens with zero attached hydrogens (tertiary/aromatic N) is 1. The smallest absolute Gasteiger partial charge is 0.132 e. The fraction of sp³-hybridized carbons (Fsp3) is 0.0769. The third-order valence-electron chi connectivity index (χ3n) is 16.0. The standard InChI is InChI=1S/C65H43NOS/c1-63(2)49-20-6-3-17-43(49)46-34-31-41(38-57(46)63)66(40-33-36-52-48(37-40)45-19-5-8-22-51(45)64(52)53-23-9-13-27-59(53)67-60-28-14-10-24-54(60)64)42-32-35-47-44-18-4-7-21-50(44)65(58(47)39-42)55-25-11-15-29-61(55)68-62-30-16-12-26-56(62)65/h3-39H,1-2H3. The van der Waals surface area contributed by atoms with Crippen LogP contribution in [0.4, 0.5) is 17.1 Å². The summed E-state index contributed by atoms with van der Waals surface area (Å²) < 4.78 is 6.69. The zero-order chi connectivity index (χ0) is 44.9. The number of fused-ring (bicyclic) bond motifs is 21. The van der Waals surface area contributed by atoms with Crippen LogP contribution in [0.25, 0.3) is 33.4 Å². The van der Waals surface area contributed by atoms with Crippen LogP contribution in [0.3, 0.4) is 0 Å². The van der Waals surface area contributed by atoms with Gasteiger partial charge in [-0.25, -0.2) is 0 Å². The van der Waals surface area contributed by atoms with Crippen molar-refractivity contribution in [3.8, 4) is 44.9 Å². The molecular formula is C65H43NOS. The van der Waals surface area contributed by atoms with Gasteiger partial charge in [0.15, 0.2) is 0 Å². The van der Waals surface area contributed by atoms with E-state index < -0.39 is 10.8 Å². The molecule has 0 atom stereocenters. The molecule has 0 radical (unpaired) electrons. The maximum Gasteiger partial charge on any atom is 0.132 e. The van der Waals surface area contributed by atoms with Crippen molar-refractivity contribution in [1.29, 1.82) is 0 Å². The molecule has 0 saturated carbocycles.